The van der Waals surface area contributed by atoms with Gasteiger partial charge in [-0.05, 0) is 55.7 Å². The van der Waals surface area contributed by atoms with E-state index in [0.29, 0.717) is 24.3 Å². The average Bonchev–Trinajstić information content (AvgIpc) is 3.15. The fraction of sp³-hybridized carbons (Fsp3) is 0.348. The van der Waals surface area contributed by atoms with E-state index in [1.807, 2.05) is 49.4 Å². The first-order chi connectivity index (χ1) is 13.9. The number of nitrogens with one attached hydrogen (secondary N) is 1. The lowest BCUT2D eigenvalue weighted by Crippen LogP contribution is -2.46. The molecule has 0 aliphatic carbocycles. The number of fused-ring (bicyclic) bond motifs is 1. The van der Waals surface area contributed by atoms with Gasteiger partial charge in [-0.1, -0.05) is 25.1 Å². The van der Waals surface area contributed by atoms with E-state index in [4.69, 9.17) is 0 Å². The van der Waals surface area contributed by atoms with Crippen molar-refractivity contribution in [3.05, 3.63) is 59.7 Å². The van der Waals surface area contributed by atoms with Gasteiger partial charge in [-0.15, -0.1) is 0 Å². The van der Waals surface area contributed by atoms with Crippen LogP contribution in [-0.4, -0.2) is 41.8 Å². The van der Waals surface area contributed by atoms with Crippen LogP contribution in [0, 0.1) is 0 Å². The monoisotopic (exact) mass is 393 g/mol. The molecule has 0 bridgehead atoms. The Bertz CT molecular complexity index is 911. The molecular weight excluding hydrogens is 366 g/mol. The third-order valence-corrected chi connectivity index (χ3v) is 5.22. The summed E-state index contributed by atoms with van der Waals surface area (Å²) in [6.07, 6.45) is 1.48. The summed E-state index contributed by atoms with van der Waals surface area (Å²) < 4.78 is 0. The Labute approximate surface area is 171 Å². The normalized spacial score (nSPS) is 13.6. The molecule has 0 saturated carbocycles. The number of para-hydroxylation sites is 1. The van der Waals surface area contributed by atoms with Crippen molar-refractivity contribution in [1.29, 1.82) is 0 Å². The van der Waals surface area contributed by atoms with E-state index < -0.39 is 6.04 Å². The van der Waals surface area contributed by atoms with Gasteiger partial charge < -0.3 is 15.1 Å². The molecule has 0 fully saturated rings. The van der Waals surface area contributed by atoms with Gasteiger partial charge in [0.1, 0.15) is 6.04 Å². The first-order valence-corrected chi connectivity index (χ1v) is 10.00. The van der Waals surface area contributed by atoms with Crippen LogP contribution in [0.5, 0.6) is 0 Å². The summed E-state index contributed by atoms with van der Waals surface area (Å²) in [5.74, 6) is -0.393. The Kier molecular flexibility index (Phi) is 6.32. The van der Waals surface area contributed by atoms with Crippen molar-refractivity contribution in [3.63, 3.8) is 0 Å². The summed E-state index contributed by atoms with van der Waals surface area (Å²) in [4.78, 5) is 41.0. The molecule has 2 aromatic rings. The van der Waals surface area contributed by atoms with Crippen LogP contribution in [-0.2, 0) is 16.0 Å². The molecule has 6 heteroatoms. The van der Waals surface area contributed by atoms with E-state index in [0.717, 1.165) is 24.1 Å². The van der Waals surface area contributed by atoms with Crippen LogP contribution in [0.3, 0.4) is 0 Å². The second-order valence-corrected chi connectivity index (χ2v) is 7.29. The van der Waals surface area contributed by atoms with Gasteiger partial charge in [0.05, 0.1) is 0 Å². The van der Waals surface area contributed by atoms with Crippen molar-refractivity contribution in [1.82, 2.24) is 4.90 Å². The maximum atomic E-state index is 13.2. The molecule has 0 radical (unpaired) electrons. The van der Waals surface area contributed by atoms with Gasteiger partial charge in [0.2, 0.25) is 11.8 Å². The van der Waals surface area contributed by atoms with Crippen molar-refractivity contribution < 1.29 is 14.4 Å². The summed E-state index contributed by atoms with van der Waals surface area (Å²) in [6, 6.07) is 14.0. The van der Waals surface area contributed by atoms with Crippen molar-refractivity contribution in [3.8, 4) is 0 Å². The molecular formula is C23H27N3O3. The third-order valence-electron chi connectivity index (χ3n) is 5.22. The number of carbonyl (C=O) groups excluding carboxylic acids is 3. The van der Waals surface area contributed by atoms with E-state index in [1.165, 1.54) is 0 Å². The predicted molar refractivity (Wildman–Crippen MR) is 114 cm³/mol. The molecule has 1 N–H and O–H groups in total. The molecule has 0 aromatic heterocycles. The number of anilines is 2. The fourth-order valence-corrected chi connectivity index (χ4v) is 3.65. The van der Waals surface area contributed by atoms with E-state index in [1.54, 1.807) is 29.7 Å². The smallest absolute Gasteiger partial charge is 0.254 e. The first-order valence-electron chi connectivity index (χ1n) is 10.00. The Hall–Kier alpha value is -3.15. The van der Waals surface area contributed by atoms with Gasteiger partial charge >= 0.3 is 0 Å². The number of carbonyl (C=O) groups is 3. The van der Waals surface area contributed by atoms with Gasteiger partial charge in [-0.25, -0.2) is 0 Å². The molecule has 1 aliphatic rings. The van der Waals surface area contributed by atoms with Gasteiger partial charge in [0, 0.05) is 37.0 Å². The molecule has 6 nitrogen and oxygen atoms in total. The Morgan fingerprint density at radius 1 is 1.14 bits per heavy atom. The zero-order valence-electron chi connectivity index (χ0n) is 17.1. The largest absolute Gasteiger partial charge is 0.327 e. The number of benzene rings is 2. The lowest BCUT2D eigenvalue weighted by molar-refractivity contribution is -0.120. The fourth-order valence-electron chi connectivity index (χ4n) is 3.65. The van der Waals surface area contributed by atoms with Gasteiger partial charge in [-0.2, -0.15) is 0 Å². The molecule has 2 aromatic carbocycles. The summed E-state index contributed by atoms with van der Waals surface area (Å²) in [6.45, 7) is 6.39. The summed E-state index contributed by atoms with van der Waals surface area (Å²) in [7, 11) is 0. The number of hydrogen-bond donors (Lipinski definition) is 1. The highest BCUT2D eigenvalue weighted by atomic mass is 16.2. The summed E-state index contributed by atoms with van der Waals surface area (Å²) in [5.41, 5.74) is 3.10. The first kappa shape index (κ1) is 20.6. The van der Waals surface area contributed by atoms with Gasteiger partial charge in [0.15, 0.2) is 0 Å². The zero-order chi connectivity index (χ0) is 21.0. The highest BCUT2D eigenvalue weighted by Crippen LogP contribution is 2.29. The molecule has 1 unspecified atom stereocenters. The molecule has 152 valence electrons. The van der Waals surface area contributed by atoms with Crippen LogP contribution in [0.2, 0.25) is 0 Å². The molecule has 1 atom stereocenters. The topological polar surface area (TPSA) is 69.7 Å². The number of nitrogens with zero attached hydrogens (tertiary/aromatic N) is 2. The van der Waals surface area contributed by atoms with Crippen LogP contribution in [0.25, 0.3) is 0 Å². The molecule has 29 heavy (non-hydrogen) atoms. The number of amides is 3. The van der Waals surface area contributed by atoms with Gasteiger partial charge in [0.25, 0.3) is 5.91 Å². The zero-order valence-corrected chi connectivity index (χ0v) is 17.1. The highest BCUT2D eigenvalue weighted by Gasteiger charge is 2.28. The standard InChI is InChI=1S/C23H27N3O3/c1-4-13-25(16(2)22(28)24-20-8-6-5-7-9-20)23(29)19-10-11-21-18(15-19)12-14-26(21)17(3)27/h5-11,15-16H,4,12-14H2,1-3H3,(H,24,28). The van der Waals surface area contributed by atoms with E-state index >= 15 is 0 Å². The lowest BCUT2D eigenvalue weighted by Gasteiger charge is -2.28. The Morgan fingerprint density at radius 2 is 1.86 bits per heavy atom. The van der Waals surface area contributed by atoms with Crippen LogP contribution < -0.4 is 10.2 Å². The van der Waals surface area contributed by atoms with Gasteiger partial charge in [-0.3, -0.25) is 14.4 Å². The summed E-state index contributed by atoms with van der Waals surface area (Å²) in [5, 5.41) is 2.87. The maximum Gasteiger partial charge on any atom is 0.254 e. The number of hydrogen-bond acceptors (Lipinski definition) is 3. The SMILES string of the molecule is CCCN(C(=O)c1ccc2c(c1)CCN2C(C)=O)C(C)C(=O)Nc1ccccc1. The molecule has 3 amide bonds. The van der Waals surface area contributed by atoms with Crippen LogP contribution in [0.15, 0.2) is 48.5 Å². The lowest BCUT2D eigenvalue weighted by atomic mass is 10.1. The summed E-state index contributed by atoms with van der Waals surface area (Å²) >= 11 is 0. The average molecular weight is 393 g/mol. The molecule has 1 heterocycles. The second-order valence-electron chi connectivity index (χ2n) is 7.29. The van der Waals surface area contributed by atoms with E-state index in [-0.39, 0.29) is 17.7 Å². The van der Waals surface area contributed by atoms with Crippen molar-refractivity contribution in [2.45, 2.75) is 39.7 Å². The highest BCUT2D eigenvalue weighted by molar-refractivity contribution is 6.02. The van der Waals surface area contributed by atoms with Crippen LogP contribution in [0.4, 0.5) is 11.4 Å². The molecule has 0 spiro atoms. The Balaban J connectivity index is 1.79. The molecule has 1 aliphatic heterocycles. The Morgan fingerprint density at radius 3 is 2.52 bits per heavy atom. The molecule has 0 saturated heterocycles. The van der Waals surface area contributed by atoms with Crippen molar-refractivity contribution in [2.75, 3.05) is 23.3 Å². The minimum absolute atomic E-state index is 0.00152. The third kappa shape index (κ3) is 4.47. The van der Waals surface area contributed by atoms with Crippen molar-refractivity contribution in [2.24, 2.45) is 0 Å². The van der Waals surface area contributed by atoms with E-state index in [9.17, 15) is 14.4 Å². The predicted octanol–water partition coefficient (Wildman–Crippen LogP) is 3.48. The maximum absolute atomic E-state index is 13.2. The quantitative estimate of drug-likeness (QED) is 0.817. The van der Waals surface area contributed by atoms with Crippen molar-refractivity contribution >= 4 is 29.1 Å². The minimum atomic E-state index is -0.607. The van der Waals surface area contributed by atoms with Crippen LogP contribution in [0.1, 0.15) is 43.1 Å². The number of rotatable bonds is 6. The van der Waals surface area contributed by atoms with E-state index in [2.05, 4.69) is 5.32 Å². The minimum Gasteiger partial charge on any atom is -0.327 e. The molecule has 3 rings (SSSR count). The van der Waals surface area contributed by atoms with Crippen LogP contribution >= 0.6 is 0 Å². The second kappa shape index (κ2) is 8.90.